The molecule has 0 radical (unpaired) electrons. The van der Waals surface area contributed by atoms with Crippen molar-refractivity contribution in [1.82, 2.24) is 5.32 Å². The molecule has 64 heavy (non-hydrogen) atoms. The van der Waals surface area contributed by atoms with Crippen LogP contribution in [0.3, 0.4) is 0 Å². The minimum atomic E-state index is -0.861. The second-order valence-corrected chi connectivity index (χ2v) is 19.0. The van der Waals surface area contributed by atoms with Gasteiger partial charge in [-0.2, -0.15) is 0 Å². The van der Waals surface area contributed by atoms with Crippen molar-refractivity contribution < 1.29 is 15.0 Å². The minimum absolute atomic E-state index is 0.0716. The van der Waals surface area contributed by atoms with Crippen LogP contribution in [0.1, 0.15) is 284 Å². The molecular formula is C60H109NO3. The van der Waals surface area contributed by atoms with E-state index in [9.17, 15) is 15.0 Å². The third-order valence-corrected chi connectivity index (χ3v) is 12.7. The van der Waals surface area contributed by atoms with Gasteiger partial charge in [0, 0.05) is 6.42 Å². The Morgan fingerprint density at radius 3 is 1.09 bits per heavy atom. The highest BCUT2D eigenvalue weighted by atomic mass is 16.3. The van der Waals surface area contributed by atoms with E-state index in [0.29, 0.717) is 6.42 Å². The summed E-state index contributed by atoms with van der Waals surface area (Å²) in [5.41, 5.74) is 0. The van der Waals surface area contributed by atoms with Crippen molar-refractivity contribution in [2.24, 2.45) is 0 Å². The van der Waals surface area contributed by atoms with E-state index in [4.69, 9.17) is 0 Å². The van der Waals surface area contributed by atoms with E-state index >= 15 is 0 Å². The zero-order valence-electron chi connectivity index (χ0n) is 42.8. The van der Waals surface area contributed by atoms with Gasteiger partial charge >= 0.3 is 0 Å². The highest BCUT2D eigenvalue weighted by Crippen LogP contribution is 2.17. The van der Waals surface area contributed by atoms with Gasteiger partial charge in [0.15, 0.2) is 0 Å². The summed E-state index contributed by atoms with van der Waals surface area (Å²) in [5, 5.41) is 23.0. The van der Waals surface area contributed by atoms with Crippen LogP contribution in [0.5, 0.6) is 0 Å². The zero-order chi connectivity index (χ0) is 46.3. The van der Waals surface area contributed by atoms with Crippen molar-refractivity contribution in [2.45, 2.75) is 296 Å². The van der Waals surface area contributed by atoms with Crippen LogP contribution in [-0.4, -0.2) is 34.9 Å². The molecule has 0 rings (SSSR count). The molecule has 0 saturated carbocycles. The number of carbonyl (C=O) groups excluding carboxylic acids is 1. The summed E-state index contributed by atoms with van der Waals surface area (Å²) in [6.07, 6.45) is 79.4. The summed E-state index contributed by atoms with van der Waals surface area (Å²) in [4.78, 5) is 12.4. The molecular weight excluding hydrogens is 783 g/mol. The Balaban J connectivity index is 3.41. The lowest BCUT2D eigenvalue weighted by molar-refractivity contribution is -0.123. The predicted octanol–water partition coefficient (Wildman–Crippen LogP) is 18.6. The average Bonchev–Trinajstić information content (AvgIpc) is 3.30. The van der Waals surface area contributed by atoms with Crippen LogP contribution in [0.15, 0.2) is 72.9 Å². The molecule has 2 unspecified atom stereocenters. The molecule has 0 fully saturated rings. The van der Waals surface area contributed by atoms with Crippen molar-refractivity contribution in [3.63, 3.8) is 0 Å². The molecule has 0 aliphatic heterocycles. The number of rotatable bonds is 51. The second-order valence-electron chi connectivity index (χ2n) is 19.0. The maximum Gasteiger partial charge on any atom is 0.220 e. The van der Waals surface area contributed by atoms with E-state index in [2.05, 4.69) is 79.9 Å². The summed E-state index contributed by atoms with van der Waals surface area (Å²) in [7, 11) is 0. The molecule has 0 aliphatic rings. The van der Waals surface area contributed by atoms with Crippen molar-refractivity contribution in [3.8, 4) is 0 Å². The summed E-state index contributed by atoms with van der Waals surface area (Å²) < 4.78 is 0. The molecule has 0 heterocycles. The molecule has 0 spiro atoms. The fourth-order valence-corrected chi connectivity index (χ4v) is 8.42. The quantitative estimate of drug-likeness (QED) is 0.0421. The van der Waals surface area contributed by atoms with E-state index < -0.39 is 12.1 Å². The van der Waals surface area contributed by atoms with Crippen LogP contribution in [-0.2, 0) is 4.79 Å². The van der Waals surface area contributed by atoms with Crippen molar-refractivity contribution >= 4 is 5.91 Å². The number of hydrogen-bond acceptors (Lipinski definition) is 3. The van der Waals surface area contributed by atoms with Gasteiger partial charge in [0.05, 0.1) is 18.8 Å². The SMILES string of the molecule is CC/C=C\C/C=C\C/C=C\C/C=C\CCCCCCCCCCCCCCCCCCCCCCCCCCCCC(=O)NC(CO)C(O)/C=C/CC/C=C/CCCCCCCCC. The first-order valence-corrected chi connectivity index (χ1v) is 28.2. The molecule has 0 aromatic heterocycles. The van der Waals surface area contributed by atoms with E-state index in [0.717, 1.165) is 57.8 Å². The third kappa shape index (κ3) is 50.8. The van der Waals surface area contributed by atoms with Gasteiger partial charge in [-0.05, 0) is 70.6 Å². The number of aliphatic hydroxyl groups excluding tert-OH is 2. The Labute approximate surface area is 399 Å². The number of allylic oxidation sites excluding steroid dienone is 11. The van der Waals surface area contributed by atoms with Gasteiger partial charge < -0.3 is 15.5 Å². The Kier molecular flexibility index (Phi) is 53.3. The van der Waals surface area contributed by atoms with Gasteiger partial charge in [-0.25, -0.2) is 0 Å². The molecule has 2 atom stereocenters. The van der Waals surface area contributed by atoms with Gasteiger partial charge in [0.25, 0.3) is 0 Å². The number of hydrogen-bond donors (Lipinski definition) is 3. The normalized spacial score (nSPS) is 13.4. The number of unbranched alkanes of at least 4 members (excludes halogenated alkanes) is 34. The molecule has 372 valence electrons. The Hall–Kier alpha value is -2.17. The van der Waals surface area contributed by atoms with E-state index in [1.807, 2.05) is 6.08 Å². The van der Waals surface area contributed by atoms with Crippen molar-refractivity contribution in [1.29, 1.82) is 0 Å². The summed E-state index contributed by atoms with van der Waals surface area (Å²) in [5.74, 6) is -0.0716. The largest absolute Gasteiger partial charge is 0.394 e. The Bertz CT molecular complexity index is 1100. The monoisotopic (exact) mass is 892 g/mol. The lowest BCUT2D eigenvalue weighted by Gasteiger charge is -2.19. The molecule has 0 aromatic carbocycles. The van der Waals surface area contributed by atoms with Gasteiger partial charge in [0.1, 0.15) is 0 Å². The fraction of sp³-hybridized carbons (Fsp3) is 0.783. The van der Waals surface area contributed by atoms with Crippen molar-refractivity contribution in [2.75, 3.05) is 6.61 Å². The zero-order valence-corrected chi connectivity index (χ0v) is 42.8. The Morgan fingerprint density at radius 1 is 0.391 bits per heavy atom. The molecule has 4 nitrogen and oxygen atoms in total. The average molecular weight is 893 g/mol. The minimum Gasteiger partial charge on any atom is -0.394 e. The lowest BCUT2D eigenvalue weighted by Crippen LogP contribution is -2.45. The highest BCUT2D eigenvalue weighted by molar-refractivity contribution is 5.76. The molecule has 3 N–H and O–H groups in total. The van der Waals surface area contributed by atoms with Crippen LogP contribution >= 0.6 is 0 Å². The number of nitrogens with one attached hydrogen (secondary N) is 1. The summed E-state index contributed by atoms with van der Waals surface area (Å²) >= 11 is 0. The number of aliphatic hydroxyl groups is 2. The van der Waals surface area contributed by atoms with Crippen molar-refractivity contribution in [3.05, 3.63) is 72.9 Å². The molecule has 0 bridgehead atoms. The first-order chi connectivity index (χ1) is 31.7. The molecule has 0 saturated heterocycles. The van der Waals surface area contributed by atoms with Gasteiger partial charge in [-0.1, -0.05) is 279 Å². The first kappa shape index (κ1) is 61.8. The maximum atomic E-state index is 12.4. The van der Waals surface area contributed by atoms with Crippen LogP contribution < -0.4 is 5.32 Å². The lowest BCUT2D eigenvalue weighted by atomic mass is 10.0. The fourth-order valence-electron chi connectivity index (χ4n) is 8.42. The van der Waals surface area contributed by atoms with Gasteiger partial charge in [0.2, 0.25) is 5.91 Å². The number of carbonyl (C=O) groups is 1. The van der Waals surface area contributed by atoms with Crippen LogP contribution in [0.2, 0.25) is 0 Å². The topological polar surface area (TPSA) is 69.6 Å². The maximum absolute atomic E-state index is 12.4. The molecule has 1 amide bonds. The number of amides is 1. The van der Waals surface area contributed by atoms with Gasteiger partial charge in [-0.3, -0.25) is 4.79 Å². The van der Waals surface area contributed by atoms with Crippen LogP contribution in [0, 0.1) is 0 Å². The summed E-state index contributed by atoms with van der Waals surface area (Å²) in [6, 6.07) is -0.638. The highest BCUT2D eigenvalue weighted by Gasteiger charge is 2.18. The standard InChI is InChI=1S/C60H109NO3/c1-3-5-7-9-11-13-15-17-18-19-20-21-22-23-24-25-26-27-28-29-30-31-32-33-34-35-36-37-38-39-40-41-42-44-46-48-50-52-54-56-60(64)61-58(57-62)59(63)55-53-51-49-47-45-43-16-14-12-10-8-6-4-2/h5,7,11,13,17-18,20-21,45,47,53,55,58-59,62-63H,3-4,6,8-10,12,14-16,19,22-44,46,48-52,54,56-57H2,1-2H3,(H,61,64)/b7-5-,13-11-,18-17-,21-20-,47-45+,55-53+. The third-order valence-electron chi connectivity index (χ3n) is 12.7. The van der Waals surface area contributed by atoms with Crippen LogP contribution in [0.4, 0.5) is 0 Å². The predicted molar refractivity (Wildman–Crippen MR) is 285 cm³/mol. The Morgan fingerprint density at radius 2 is 0.703 bits per heavy atom. The van der Waals surface area contributed by atoms with E-state index in [-0.39, 0.29) is 12.5 Å². The van der Waals surface area contributed by atoms with Gasteiger partial charge in [-0.15, -0.1) is 0 Å². The van der Waals surface area contributed by atoms with E-state index in [1.165, 1.54) is 205 Å². The second kappa shape index (κ2) is 55.2. The van der Waals surface area contributed by atoms with E-state index in [1.54, 1.807) is 6.08 Å². The van der Waals surface area contributed by atoms with Crippen LogP contribution in [0.25, 0.3) is 0 Å². The smallest absolute Gasteiger partial charge is 0.220 e. The molecule has 0 aromatic rings. The first-order valence-electron chi connectivity index (χ1n) is 28.2. The summed E-state index contributed by atoms with van der Waals surface area (Å²) in [6.45, 7) is 4.18. The molecule has 4 heteroatoms. The molecule has 0 aliphatic carbocycles.